The van der Waals surface area contributed by atoms with Crippen LogP contribution in [0.2, 0.25) is 0 Å². The molecular formula is C14H20N4. The third-order valence-electron chi connectivity index (χ3n) is 2.95. The van der Waals surface area contributed by atoms with E-state index in [1.165, 1.54) is 0 Å². The summed E-state index contributed by atoms with van der Waals surface area (Å²) in [6.45, 7) is 7.24. The van der Waals surface area contributed by atoms with E-state index in [2.05, 4.69) is 46.1 Å². The fourth-order valence-electron chi connectivity index (χ4n) is 2.15. The zero-order chi connectivity index (χ0) is 13.0. The Morgan fingerprint density at radius 2 is 1.94 bits per heavy atom. The lowest BCUT2D eigenvalue weighted by Crippen LogP contribution is -2.28. The van der Waals surface area contributed by atoms with Gasteiger partial charge in [-0.1, -0.05) is 25.1 Å². The van der Waals surface area contributed by atoms with Crippen LogP contribution in [-0.2, 0) is 6.42 Å². The first-order valence-corrected chi connectivity index (χ1v) is 6.42. The molecule has 0 radical (unpaired) electrons. The van der Waals surface area contributed by atoms with Crippen LogP contribution in [0.3, 0.4) is 0 Å². The van der Waals surface area contributed by atoms with Gasteiger partial charge >= 0.3 is 0 Å². The van der Waals surface area contributed by atoms with Crippen molar-refractivity contribution in [1.82, 2.24) is 20.1 Å². The van der Waals surface area contributed by atoms with E-state index in [0.29, 0.717) is 6.04 Å². The van der Waals surface area contributed by atoms with Gasteiger partial charge in [0, 0.05) is 18.2 Å². The van der Waals surface area contributed by atoms with Gasteiger partial charge in [0.05, 0.1) is 0 Å². The molecule has 0 saturated heterocycles. The summed E-state index contributed by atoms with van der Waals surface area (Å²) in [5, 5.41) is 11.9. The summed E-state index contributed by atoms with van der Waals surface area (Å²) >= 11 is 0. The highest BCUT2D eigenvalue weighted by Crippen LogP contribution is 2.13. The fraction of sp³-hybridized carbons (Fsp3) is 0.429. The van der Waals surface area contributed by atoms with Crippen molar-refractivity contribution in [2.45, 2.75) is 33.2 Å². The van der Waals surface area contributed by atoms with Crippen LogP contribution in [0.1, 0.15) is 25.5 Å². The largest absolute Gasteiger partial charge is 0.314 e. The topological polar surface area (TPSA) is 42.7 Å². The Morgan fingerprint density at radius 1 is 1.22 bits per heavy atom. The second-order valence-electron chi connectivity index (χ2n) is 4.50. The van der Waals surface area contributed by atoms with E-state index >= 15 is 0 Å². The van der Waals surface area contributed by atoms with E-state index in [1.807, 2.05) is 25.1 Å². The summed E-state index contributed by atoms with van der Waals surface area (Å²) in [5.41, 5.74) is 1.12. The minimum Gasteiger partial charge on any atom is -0.314 e. The zero-order valence-electron chi connectivity index (χ0n) is 11.2. The summed E-state index contributed by atoms with van der Waals surface area (Å²) in [4.78, 5) is 0. The monoisotopic (exact) mass is 244 g/mol. The smallest absolute Gasteiger partial charge is 0.139 e. The maximum Gasteiger partial charge on any atom is 0.139 e. The lowest BCUT2D eigenvalue weighted by molar-refractivity contribution is 0.547. The third-order valence-corrected chi connectivity index (χ3v) is 2.95. The number of hydrogen-bond donors (Lipinski definition) is 1. The summed E-state index contributed by atoms with van der Waals surface area (Å²) < 4.78 is 2.12. The molecule has 4 heteroatoms. The van der Waals surface area contributed by atoms with Crippen LogP contribution >= 0.6 is 0 Å². The van der Waals surface area contributed by atoms with Crippen molar-refractivity contribution in [1.29, 1.82) is 0 Å². The Kier molecular flexibility index (Phi) is 4.10. The highest BCUT2D eigenvalue weighted by molar-refractivity contribution is 5.33. The molecule has 0 saturated carbocycles. The highest BCUT2D eigenvalue weighted by atomic mass is 15.3. The van der Waals surface area contributed by atoms with Gasteiger partial charge in [-0.3, -0.25) is 4.57 Å². The van der Waals surface area contributed by atoms with E-state index in [-0.39, 0.29) is 0 Å². The van der Waals surface area contributed by atoms with Crippen molar-refractivity contribution < 1.29 is 0 Å². The molecule has 0 bridgehead atoms. The highest BCUT2D eigenvalue weighted by Gasteiger charge is 2.13. The molecule has 1 heterocycles. The number of hydrogen-bond acceptors (Lipinski definition) is 3. The Labute approximate surface area is 108 Å². The number of nitrogens with zero attached hydrogens (tertiary/aromatic N) is 3. The Balaban J connectivity index is 2.28. The molecule has 1 aromatic carbocycles. The van der Waals surface area contributed by atoms with Crippen LogP contribution in [0.15, 0.2) is 30.3 Å². The SMILES string of the molecule is CCNC(C)Cc1nnc(C)n1-c1ccccc1. The lowest BCUT2D eigenvalue weighted by Gasteiger charge is -2.13. The van der Waals surface area contributed by atoms with E-state index < -0.39 is 0 Å². The Bertz CT molecular complexity index is 490. The van der Waals surface area contributed by atoms with Crippen molar-refractivity contribution in [2.75, 3.05) is 6.54 Å². The minimum absolute atomic E-state index is 0.404. The first kappa shape index (κ1) is 12.8. The van der Waals surface area contributed by atoms with Crippen LogP contribution in [-0.4, -0.2) is 27.4 Å². The quantitative estimate of drug-likeness (QED) is 0.876. The fourth-order valence-corrected chi connectivity index (χ4v) is 2.15. The van der Waals surface area contributed by atoms with Crippen molar-refractivity contribution in [3.8, 4) is 5.69 Å². The summed E-state index contributed by atoms with van der Waals surface area (Å²) in [6.07, 6.45) is 0.879. The average molecular weight is 244 g/mol. The number of para-hydroxylation sites is 1. The molecule has 4 nitrogen and oxygen atoms in total. The van der Waals surface area contributed by atoms with Gasteiger partial charge in [-0.2, -0.15) is 0 Å². The van der Waals surface area contributed by atoms with E-state index in [0.717, 1.165) is 30.3 Å². The average Bonchev–Trinajstić information content (AvgIpc) is 2.72. The standard InChI is InChI=1S/C14H20N4/c1-4-15-11(2)10-14-17-16-12(3)18(14)13-8-6-5-7-9-13/h5-9,11,15H,4,10H2,1-3H3. The van der Waals surface area contributed by atoms with Crippen molar-refractivity contribution in [3.05, 3.63) is 42.0 Å². The van der Waals surface area contributed by atoms with Gasteiger partial charge in [0.25, 0.3) is 0 Å². The molecule has 0 fully saturated rings. The van der Waals surface area contributed by atoms with Gasteiger partial charge < -0.3 is 5.32 Å². The van der Waals surface area contributed by atoms with Crippen LogP contribution in [0.5, 0.6) is 0 Å². The van der Waals surface area contributed by atoms with Gasteiger partial charge in [-0.25, -0.2) is 0 Å². The number of rotatable bonds is 5. The first-order chi connectivity index (χ1) is 8.72. The molecule has 0 aliphatic carbocycles. The summed E-state index contributed by atoms with van der Waals surface area (Å²) in [7, 11) is 0. The van der Waals surface area contributed by atoms with Gasteiger partial charge in [-0.15, -0.1) is 10.2 Å². The number of nitrogens with one attached hydrogen (secondary N) is 1. The third kappa shape index (κ3) is 2.76. The first-order valence-electron chi connectivity index (χ1n) is 6.42. The maximum atomic E-state index is 4.29. The van der Waals surface area contributed by atoms with Gasteiger partial charge in [0.1, 0.15) is 11.6 Å². The molecule has 0 spiro atoms. The van der Waals surface area contributed by atoms with Crippen molar-refractivity contribution in [2.24, 2.45) is 0 Å². The molecular weight excluding hydrogens is 224 g/mol. The van der Waals surface area contributed by atoms with E-state index in [9.17, 15) is 0 Å². The maximum absolute atomic E-state index is 4.29. The molecule has 1 unspecified atom stereocenters. The number of aryl methyl sites for hydroxylation is 1. The molecule has 2 rings (SSSR count). The van der Waals surface area contributed by atoms with Crippen molar-refractivity contribution >= 4 is 0 Å². The lowest BCUT2D eigenvalue weighted by atomic mass is 10.2. The molecule has 1 aromatic heterocycles. The van der Waals surface area contributed by atoms with E-state index in [4.69, 9.17) is 0 Å². The minimum atomic E-state index is 0.404. The Morgan fingerprint density at radius 3 is 2.61 bits per heavy atom. The second kappa shape index (κ2) is 5.78. The zero-order valence-corrected chi connectivity index (χ0v) is 11.2. The summed E-state index contributed by atoms with van der Waals surface area (Å²) in [5.74, 6) is 1.94. The van der Waals surface area contributed by atoms with Gasteiger partial charge in [0.15, 0.2) is 0 Å². The van der Waals surface area contributed by atoms with Crippen LogP contribution in [0, 0.1) is 6.92 Å². The molecule has 1 atom stereocenters. The molecule has 18 heavy (non-hydrogen) atoms. The van der Waals surface area contributed by atoms with Gasteiger partial charge in [-0.05, 0) is 32.5 Å². The molecule has 2 aromatic rings. The molecule has 0 aliphatic rings. The number of aromatic nitrogens is 3. The predicted molar refractivity (Wildman–Crippen MR) is 72.9 cm³/mol. The Hall–Kier alpha value is -1.68. The normalized spacial score (nSPS) is 12.6. The molecule has 96 valence electrons. The molecule has 0 aliphatic heterocycles. The van der Waals surface area contributed by atoms with Crippen molar-refractivity contribution in [3.63, 3.8) is 0 Å². The number of likely N-dealkylation sites (N-methyl/N-ethyl adjacent to an activating group) is 1. The van der Waals surface area contributed by atoms with Crippen LogP contribution in [0.25, 0.3) is 5.69 Å². The molecule has 1 N–H and O–H groups in total. The van der Waals surface area contributed by atoms with E-state index in [1.54, 1.807) is 0 Å². The van der Waals surface area contributed by atoms with Gasteiger partial charge in [0.2, 0.25) is 0 Å². The predicted octanol–water partition coefficient (Wildman–Crippen LogP) is 2.12. The second-order valence-corrected chi connectivity index (χ2v) is 4.50. The van der Waals surface area contributed by atoms with Crippen LogP contribution < -0.4 is 5.32 Å². The number of benzene rings is 1. The molecule has 0 amide bonds. The van der Waals surface area contributed by atoms with Crippen LogP contribution in [0.4, 0.5) is 0 Å². The summed E-state index contributed by atoms with van der Waals surface area (Å²) in [6, 6.07) is 10.7.